The zero-order valence-corrected chi connectivity index (χ0v) is 15.4. The maximum atomic E-state index is 13.1. The Balaban J connectivity index is 1.45. The van der Waals surface area contributed by atoms with Crippen molar-refractivity contribution in [1.29, 1.82) is 0 Å². The lowest BCUT2D eigenvalue weighted by atomic mass is 10.0. The SMILES string of the molecule is O=C(CCCC[C@@H]1[C@@H]2NC(=O)N[C@H]2CS1(=O)=O)Nc1ccc(F)c(Cl)c1. The van der Waals surface area contributed by atoms with E-state index < -0.39 is 26.9 Å². The predicted octanol–water partition coefficient (Wildman–Crippen LogP) is 1.83. The van der Waals surface area contributed by atoms with Gasteiger partial charge in [-0.3, -0.25) is 4.79 Å². The number of rotatable bonds is 6. The van der Waals surface area contributed by atoms with Crippen LogP contribution in [-0.4, -0.2) is 43.4 Å². The molecule has 2 saturated heterocycles. The molecule has 1 aromatic carbocycles. The van der Waals surface area contributed by atoms with Crippen molar-refractivity contribution in [3.05, 3.63) is 29.0 Å². The Hall–Kier alpha value is -1.87. The lowest BCUT2D eigenvalue weighted by molar-refractivity contribution is -0.116. The Morgan fingerprint density at radius 1 is 1.31 bits per heavy atom. The van der Waals surface area contributed by atoms with Crippen LogP contribution in [0.25, 0.3) is 0 Å². The van der Waals surface area contributed by atoms with Gasteiger partial charge < -0.3 is 16.0 Å². The normalized spacial score (nSPS) is 26.1. The molecule has 0 bridgehead atoms. The van der Waals surface area contributed by atoms with E-state index in [0.29, 0.717) is 24.9 Å². The topological polar surface area (TPSA) is 104 Å². The summed E-state index contributed by atoms with van der Waals surface area (Å²) < 4.78 is 37.5. The van der Waals surface area contributed by atoms with Crippen molar-refractivity contribution in [3.63, 3.8) is 0 Å². The van der Waals surface area contributed by atoms with Crippen LogP contribution in [0.2, 0.25) is 5.02 Å². The molecule has 2 aliphatic rings. The van der Waals surface area contributed by atoms with Gasteiger partial charge in [0.2, 0.25) is 5.91 Å². The minimum absolute atomic E-state index is 0.0487. The van der Waals surface area contributed by atoms with Crippen LogP contribution in [0.1, 0.15) is 25.7 Å². The fraction of sp³-hybridized carbons (Fsp3) is 0.500. The van der Waals surface area contributed by atoms with Crippen molar-refractivity contribution >= 4 is 39.1 Å². The Morgan fingerprint density at radius 3 is 2.81 bits per heavy atom. The van der Waals surface area contributed by atoms with Crippen LogP contribution >= 0.6 is 11.6 Å². The smallest absolute Gasteiger partial charge is 0.315 e. The van der Waals surface area contributed by atoms with E-state index in [1.54, 1.807) is 0 Å². The lowest BCUT2D eigenvalue weighted by Gasteiger charge is -2.16. The number of amides is 3. The average molecular weight is 404 g/mol. The number of fused-ring (bicyclic) bond motifs is 1. The fourth-order valence-electron chi connectivity index (χ4n) is 3.43. The monoisotopic (exact) mass is 403 g/mol. The molecule has 2 heterocycles. The minimum atomic E-state index is -3.26. The number of carbonyl (C=O) groups excluding carboxylic acids is 2. The molecule has 10 heteroatoms. The summed E-state index contributed by atoms with van der Waals surface area (Å²) in [5.74, 6) is -0.864. The first-order chi connectivity index (χ1) is 12.3. The maximum Gasteiger partial charge on any atom is 0.315 e. The highest BCUT2D eigenvalue weighted by atomic mass is 35.5. The van der Waals surface area contributed by atoms with Crippen molar-refractivity contribution in [2.45, 2.75) is 43.0 Å². The summed E-state index contributed by atoms with van der Waals surface area (Å²) in [5, 5.41) is 7.21. The summed E-state index contributed by atoms with van der Waals surface area (Å²) in [5.41, 5.74) is 0.405. The highest BCUT2D eigenvalue weighted by molar-refractivity contribution is 7.92. The molecule has 7 nitrogen and oxygen atoms in total. The van der Waals surface area contributed by atoms with Crippen molar-refractivity contribution in [2.75, 3.05) is 11.1 Å². The quantitative estimate of drug-likeness (QED) is 0.497. The Morgan fingerprint density at radius 2 is 2.08 bits per heavy atom. The summed E-state index contributed by atoms with van der Waals surface area (Å²) in [6.07, 6.45) is 1.65. The number of halogens is 2. The summed E-state index contributed by atoms with van der Waals surface area (Å²) in [6, 6.07) is 2.81. The Labute approximate surface area is 155 Å². The molecule has 0 unspecified atom stereocenters. The number of hydrogen-bond donors (Lipinski definition) is 3. The standard InChI is InChI=1S/C16H19ClFN3O4S/c17-10-7-9(5-6-11(10)18)19-14(22)4-2-1-3-13-15-12(8-26(13,24)25)20-16(23)21-15/h5-7,12-13,15H,1-4,8H2,(H,19,22)(H2,20,21,23)/t12-,13+,15+/m0/s1. The number of hydrogen-bond acceptors (Lipinski definition) is 4. The average Bonchev–Trinajstić information content (AvgIpc) is 2.99. The van der Waals surface area contributed by atoms with Crippen LogP contribution in [0, 0.1) is 5.82 Å². The molecule has 3 N–H and O–H groups in total. The van der Waals surface area contributed by atoms with Gasteiger partial charge in [-0.15, -0.1) is 0 Å². The van der Waals surface area contributed by atoms with E-state index in [2.05, 4.69) is 16.0 Å². The summed E-state index contributed by atoms with van der Waals surface area (Å²) in [4.78, 5) is 23.3. The first kappa shape index (κ1) is 18.9. The molecule has 3 rings (SSSR count). The second-order valence-electron chi connectivity index (χ2n) is 6.54. The van der Waals surface area contributed by atoms with Gasteiger partial charge in [-0.05, 0) is 31.0 Å². The van der Waals surface area contributed by atoms with Crippen LogP contribution in [0.15, 0.2) is 18.2 Å². The molecule has 142 valence electrons. The number of urea groups is 1. The lowest BCUT2D eigenvalue weighted by Crippen LogP contribution is -2.39. The second-order valence-corrected chi connectivity index (χ2v) is 9.21. The van der Waals surface area contributed by atoms with E-state index in [0.717, 1.165) is 0 Å². The molecule has 0 aromatic heterocycles. The van der Waals surface area contributed by atoms with Crippen molar-refractivity contribution in [1.82, 2.24) is 10.6 Å². The molecule has 2 fully saturated rings. The third-order valence-corrected chi connectivity index (χ3v) is 7.23. The van der Waals surface area contributed by atoms with E-state index in [-0.39, 0.29) is 35.2 Å². The zero-order valence-electron chi connectivity index (χ0n) is 13.8. The molecule has 0 radical (unpaired) electrons. The molecule has 2 aliphatic heterocycles. The number of anilines is 1. The summed E-state index contributed by atoms with van der Waals surface area (Å²) in [6.45, 7) is 0. The third-order valence-electron chi connectivity index (χ3n) is 4.67. The molecular formula is C16H19ClFN3O4S. The molecule has 0 saturated carbocycles. The number of benzene rings is 1. The summed E-state index contributed by atoms with van der Waals surface area (Å²) >= 11 is 5.66. The molecule has 0 spiro atoms. The fourth-order valence-corrected chi connectivity index (χ4v) is 5.88. The van der Waals surface area contributed by atoms with Gasteiger partial charge in [0.15, 0.2) is 9.84 Å². The number of nitrogens with one attached hydrogen (secondary N) is 3. The zero-order chi connectivity index (χ0) is 18.9. The number of sulfone groups is 1. The van der Waals surface area contributed by atoms with Gasteiger partial charge in [-0.2, -0.15) is 0 Å². The van der Waals surface area contributed by atoms with E-state index in [9.17, 15) is 22.4 Å². The van der Waals surface area contributed by atoms with Crippen molar-refractivity contribution < 1.29 is 22.4 Å². The molecule has 3 amide bonds. The molecule has 1 aromatic rings. The van der Waals surface area contributed by atoms with E-state index in [4.69, 9.17) is 11.6 Å². The van der Waals surface area contributed by atoms with E-state index in [1.807, 2.05) is 0 Å². The number of unbranched alkanes of at least 4 members (excludes halogenated alkanes) is 1. The highest BCUT2D eigenvalue weighted by Crippen LogP contribution is 2.28. The van der Waals surface area contributed by atoms with Gasteiger partial charge in [0.05, 0.1) is 28.1 Å². The minimum Gasteiger partial charge on any atom is -0.332 e. The maximum absolute atomic E-state index is 13.1. The first-order valence-corrected chi connectivity index (χ1v) is 10.4. The third kappa shape index (κ3) is 4.09. The van der Waals surface area contributed by atoms with Gasteiger partial charge >= 0.3 is 6.03 Å². The molecule has 3 atom stereocenters. The van der Waals surface area contributed by atoms with Crippen molar-refractivity contribution in [2.24, 2.45) is 0 Å². The van der Waals surface area contributed by atoms with E-state index >= 15 is 0 Å². The van der Waals surface area contributed by atoms with E-state index in [1.165, 1.54) is 18.2 Å². The van der Waals surface area contributed by atoms with Gasteiger partial charge in [0, 0.05) is 12.1 Å². The molecule has 0 aliphatic carbocycles. The van der Waals surface area contributed by atoms with Crippen LogP contribution in [0.4, 0.5) is 14.9 Å². The summed E-state index contributed by atoms with van der Waals surface area (Å²) in [7, 11) is -3.26. The number of carbonyl (C=O) groups is 2. The van der Waals surface area contributed by atoms with Gasteiger partial charge in [-0.25, -0.2) is 17.6 Å². The predicted molar refractivity (Wildman–Crippen MR) is 95.3 cm³/mol. The Kier molecular flexibility index (Phi) is 5.38. The highest BCUT2D eigenvalue weighted by Gasteiger charge is 2.51. The van der Waals surface area contributed by atoms with Crippen LogP contribution in [-0.2, 0) is 14.6 Å². The van der Waals surface area contributed by atoms with Gasteiger partial charge in [-0.1, -0.05) is 18.0 Å². The largest absolute Gasteiger partial charge is 0.332 e. The van der Waals surface area contributed by atoms with Crippen LogP contribution in [0.3, 0.4) is 0 Å². The first-order valence-electron chi connectivity index (χ1n) is 8.30. The van der Waals surface area contributed by atoms with Crippen LogP contribution in [0.5, 0.6) is 0 Å². The second kappa shape index (κ2) is 7.40. The van der Waals surface area contributed by atoms with Gasteiger partial charge in [0.1, 0.15) is 5.82 Å². The van der Waals surface area contributed by atoms with Crippen LogP contribution < -0.4 is 16.0 Å². The van der Waals surface area contributed by atoms with Crippen molar-refractivity contribution in [3.8, 4) is 0 Å². The molecular weight excluding hydrogens is 385 g/mol. The molecule has 26 heavy (non-hydrogen) atoms. The van der Waals surface area contributed by atoms with Gasteiger partial charge in [0.25, 0.3) is 0 Å². The Bertz CT molecular complexity index is 833.